The van der Waals surface area contributed by atoms with Crippen LogP contribution in [0.15, 0.2) is 34.0 Å². The molecule has 5 rings (SSSR count). The lowest BCUT2D eigenvalue weighted by Gasteiger charge is -2.25. The molecule has 3 aromatic rings. The number of benzene rings is 1. The molecule has 174 valence electrons. The summed E-state index contributed by atoms with van der Waals surface area (Å²) in [6.07, 6.45) is 3.26. The molecule has 10 heteroatoms. The van der Waals surface area contributed by atoms with Gasteiger partial charge in [0.2, 0.25) is 0 Å². The number of aromatic nitrogens is 2. The van der Waals surface area contributed by atoms with Crippen LogP contribution in [0.1, 0.15) is 47.9 Å². The summed E-state index contributed by atoms with van der Waals surface area (Å²) in [5.74, 6) is 3.46. The minimum Gasteiger partial charge on any atom is -0.368 e. The fourth-order valence-corrected chi connectivity index (χ4v) is 5.07. The first kappa shape index (κ1) is 21.6. The lowest BCUT2D eigenvalue weighted by atomic mass is 9.92. The second-order valence-electron chi connectivity index (χ2n) is 9.00. The molecular formula is C23H24F3N5O2. The fourth-order valence-electron chi connectivity index (χ4n) is 5.07. The highest BCUT2D eigenvalue weighted by Gasteiger charge is 2.35. The zero-order valence-corrected chi connectivity index (χ0v) is 18.0. The van der Waals surface area contributed by atoms with E-state index >= 15 is 4.39 Å². The normalized spacial score (nSPS) is 19.4. The summed E-state index contributed by atoms with van der Waals surface area (Å²) < 4.78 is 44.4. The van der Waals surface area contributed by atoms with Gasteiger partial charge in [-0.3, -0.25) is 9.20 Å². The smallest absolute Gasteiger partial charge is 0.354 e. The molecule has 0 radical (unpaired) electrons. The number of nitrogens with zero attached hydrogens (tertiary/aromatic N) is 3. The van der Waals surface area contributed by atoms with Crippen molar-refractivity contribution in [3.63, 3.8) is 0 Å². The highest BCUT2D eigenvalue weighted by molar-refractivity contribution is 5.72. The van der Waals surface area contributed by atoms with E-state index in [1.54, 1.807) is 6.92 Å². The van der Waals surface area contributed by atoms with Gasteiger partial charge in [0.05, 0.1) is 17.4 Å². The van der Waals surface area contributed by atoms with Gasteiger partial charge in [-0.25, -0.2) is 18.0 Å². The van der Waals surface area contributed by atoms with Gasteiger partial charge < -0.3 is 16.5 Å². The van der Waals surface area contributed by atoms with Crippen LogP contribution in [0.5, 0.6) is 0 Å². The van der Waals surface area contributed by atoms with E-state index in [0.29, 0.717) is 46.5 Å². The van der Waals surface area contributed by atoms with Crippen LogP contribution in [0.3, 0.4) is 0 Å². The van der Waals surface area contributed by atoms with Crippen molar-refractivity contribution in [1.29, 1.82) is 0 Å². The molecule has 1 saturated heterocycles. The molecule has 0 amide bonds. The van der Waals surface area contributed by atoms with Gasteiger partial charge >= 0.3 is 5.69 Å². The van der Waals surface area contributed by atoms with E-state index in [1.165, 1.54) is 12.1 Å². The van der Waals surface area contributed by atoms with Crippen molar-refractivity contribution >= 4 is 11.2 Å². The Bertz CT molecular complexity index is 1400. The first-order valence-electron chi connectivity index (χ1n) is 10.9. The molecule has 1 aliphatic carbocycles. The van der Waals surface area contributed by atoms with Gasteiger partial charge in [0, 0.05) is 41.9 Å². The van der Waals surface area contributed by atoms with E-state index in [9.17, 15) is 18.4 Å². The first-order chi connectivity index (χ1) is 15.7. The van der Waals surface area contributed by atoms with E-state index in [4.69, 9.17) is 11.6 Å². The average molecular weight is 459 g/mol. The summed E-state index contributed by atoms with van der Waals surface area (Å²) >= 11 is 0. The maximum atomic E-state index is 15.3. The Morgan fingerprint density at radius 3 is 2.48 bits per heavy atom. The van der Waals surface area contributed by atoms with E-state index < -0.39 is 34.7 Å². The monoisotopic (exact) mass is 459 g/mol. The predicted octanol–water partition coefficient (Wildman–Crippen LogP) is 2.30. The predicted molar refractivity (Wildman–Crippen MR) is 118 cm³/mol. The van der Waals surface area contributed by atoms with Crippen molar-refractivity contribution in [2.75, 3.05) is 23.8 Å². The number of anilines is 1. The molecule has 1 aliphatic heterocycles. The lowest BCUT2D eigenvalue weighted by molar-refractivity contribution is 0.450. The maximum Gasteiger partial charge on any atom is 0.354 e. The topological polar surface area (TPSA) is 98.8 Å². The molecule has 2 atom stereocenters. The summed E-state index contributed by atoms with van der Waals surface area (Å²) in [4.78, 5) is 27.1. The van der Waals surface area contributed by atoms with E-state index in [1.807, 2.05) is 4.90 Å². The molecule has 2 unspecified atom stereocenters. The maximum absolute atomic E-state index is 15.3. The van der Waals surface area contributed by atoms with Gasteiger partial charge in [0.15, 0.2) is 5.82 Å². The number of aryl methyl sites for hydroxylation is 1. The minimum atomic E-state index is -0.805. The molecule has 0 spiro atoms. The van der Waals surface area contributed by atoms with Crippen molar-refractivity contribution in [1.82, 2.24) is 9.08 Å². The van der Waals surface area contributed by atoms with Crippen LogP contribution < -0.4 is 27.7 Å². The van der Waals surface area contributed by atoms with E-state index in [0.717, 1.165) is 29.5 Å². The third kappa shape index (κ3) is 3.40. The number of pyridine rings is 1. The number of nitrogen functional groups attached to an aromatic ring is 1. The lowest BCUT2D eigenvalue weighted by Crippen LogP contribution is -2.44. The summed E-state index contributed by atoms with van der Waals surface area (Å²) in [5, 5.41) is 0. The summed E-state index contributed by atoms with van der Waals surface area (Å²) in [7, 11) is 0. The Hall–Kier alpha value is -3.27. The van der Waals surface area contributed by atoms with E-state index in [2.05, 4.69) is 0 Å². The van der Waals surface area contributed by atoms with Gasteiger partial charge in [-0.2, -0.15) is 4.68 Å². The Balaban J connectivity index is 1.56. The minimum absolute atomic E-state index is 0.0129. The highest BCUT2D eigenvalue weighted by atomic mass is 19.1. The second kappa shape index (κ2) is 7.65. The van der Waals surface area contributed by atoms with Crippen LogP contribution >= 0.6 is 0 Å². The van der Waals surface area contributed by atoms with Crippen LogP contribution in [-0.4, -0.2) is 22.2 Å². The van der Waals surface area contributed by atoms with Gasteiger partial charge in [-0.1, -0.05) is 6.07 Å². The Kier molecular flexibility index (Phi) is 5.00. The largest absolute Gasteiger partial charge is 0.368 e. The molecular weight excluding hydrogens is 435 g/mol. The standard InChI is InChI=1S/C23H24F3N5O2/c1-11-20(29-7-6-13(9-29)19(27)15-5-4-14(24)8-16(15)25)17(26)10-30-21(11)18(12-2-3-12)22(32)31(28)23(30)33/h4-5,8,10,12-13,19H,2-3,6-7,9,27-28H2,1H3. The molecule has 1 saturated carbocycles. The molecule has 1 aromatic carbocycles. The number of hydrogen-bond acceptors (Lipinski definition) is 5. The SMILES string of the molecule is Cc1c(N2CCC(C(N)c3ccc(F)cc3F)C2)c(F)cn2c(=O)n(N)c(=O)c(C3CC3)c12. The van der Waals surface area contributed by atoms with Crippen LogP contribution in [0, 0.1) is 30.3 Å². The number of hydrogen-bond donors (Lipinski definition) is 2. The molecule has 33 heavy (non-hydrogen) atoms. The van der Waals surface area contributed by atoms with Crippen LogP contribution in [0.2, 0.25) is 0 Å². The molecule has 2 aliphatic rings. The zero-order valence-electron chi connectivity index (χ0n) is 18.0. The number of fused-ring (bicyclic) bond motifs is 1. The number of nitrogens with two attached hydrogens (primary N) is 2. The molecule has 2 aromatic heterocycles. The van der Waals surface area contributed by atoms with Crippen molar-refractivity contribution in [3.05, 3.63) is 79.4 Å². The summed E-state index contributed by atoms with van der Waals surface area (Å²) in [6, 6.07) is 2.62. The Morgan fingerprint density at radius 2 is 1.82 bits per heavy atom. The van der Waals surface area contributed by atoms with Gasteiger partial charge in [-0.15, -0.1) is 0 Å². The second-order valence-corrected chi connectivity index (χ2v) is 9.00. The van der Waals surface area contributed by atoms with Crippen LogP contribution in [0.25, 0.3) is 5.52 Å². The zero-order chi connectivity index (χ0) is 23.6. The van der Waals surface area contributed by atoms with Crippen LogP contribution in [0.4, 0.5) is 18.9 Å². The van der Waals surface area contributed by atoms with Gasteiger partial charge in [0.25, 0.3) is 5.56 Å². The summed E-state index contributed by atoms with van der Waals surface area (Å²) in [6.45, 7) is 2.50. The number of halogens is 3. The quantitative estimate of drug-likeness (QED) is 0.584. The van der Waals surface area contributed by atoms with Gasteiger partial charge in [-0.05, 0) is 44.1 Å². The summed E-state index contributed by atoms with van der Waals surface area (Å²) in [5.41, 5.74) is 6.74. The Labute approximate surface area is 187 Å². The first-order valence-corrected chi connectivity index (χ1v) is 10.9. The van der Waals surface area contributed by atoms with E-state index in [-0.39, 0.29) is 17.4 Å². The fraction of sp³-hybridized carbons (Fsp3) is 0.391. The highest BCUT2D eigenvalue weighted by Crippen LogP contribution is 2.42. The molecule has 2 fully saturated rings. The number of rotatable bonds is 4. The van der Waals surface area contributed by atoms with Crippen LogP contribution in [-0.2, 0) is 0 Å². The van der Waals surface area contributed by atoms with Crippen molar-refractivity contribution in [2.45, 2.75) is 38.1 Å². The molecule has 7 nitrogen and oxygen atoms in total. The Morgan fingerprint density at radius 1 is 1.09 bits per heavy atom. The third-order valence-electron chi connectivity index (χ3n) is 6.89. The molecule has 4 N–H and O–H groups in total. The molecule has 0 bridgehead atoms. The molecule has 3 heterocycles. The average Bonchev–Trinajstić information content (AvgIpc) is 3.49. The third-order valence-corrected chi connectivity index (χ3v) is 6.89. The van der Waals surface area contributed by atoms with Crippen molar-refractivity contribution < 1.29 is 13.2 Å². The van der Waals surface area contributed by atoms with Crippen molar-refractivity contribution in [3.8, 4) is 0 Å². The van der Waals surface area contributed by atoms with Gasteiger partial charge in [0.1, 0.15) is 11.6 Å². The van der Waals surface area contributed by atoms with Crippen molar-refractivity contribution in [2.24, 2.45) is 11.7 Å².